The van der Waals surface area contributed by atoms with Crippen LogP contribution in [-0.2, 0) is 6.54 Å². The van der Waals surface area contributed by atoms with Gasteiger partial charge in [-0.25, -0.2) is 4.39 Å². The Morgan fingerprint density at radius 2 is 2.26 bits per heavy atom. The van der Waals surface area contributed by atoms with E-state index in [9.17, 15) is 4.39 Å². The molecule has 3 N–H and O–H groups in total. The van der Waals surface area contributed by atoms with Crippen LogP contribution < -0.4 is 5.73 Å². The van der Waals surface area contributed by atoms with Crippen LogP contribution in [-0.4, -0.2) is 40.5 Å². The summed E-state index contributed by atoms with van der Waals surface area (Å²) in [7, 11) is 0. The summed E-state index contributed by atoms with van der Waals surface area (Å²) in [4.78, 5) is 2.27. The first-order valence-electron chi connectivity index (χ1n) is 6.27. The molecule has 1 fully saturated rings. The van der Waals surface area contributed by atoms with Crippen LogP contribution in [0.4, 0.5) is 4.39 Å². The Bertz CT molecular complexity index is 459. The van der Waals surface area contributed by atoms with Crippen LogP contribution in [0.5, 0.6) is 0 Å². The largest absolute Gasteiger partial charge is 0.409 e. The first-order chi connectivity index (χ1) is 9.20. The van der Waals surface area contributed by atoms with Gasteiger partial charge in [-0.3, -0.25) is 4.90 Å². The molecule has 104 valence electrons. The van der Waals surface area contributed by atoms with Crippen LogP contribution in [0.1, 0.15) is 17.5 Å². The summed E-state index contributed by atoms with van der Waals surface area (Å²) in [5.74, 6) is 1.91. The Balaban J connectivity index is 2.08. The molecule has 19 heavy (non-hydrogen) atoms. The van der Waals surface area contributed by atoms with Crippen molar-refractivity contribution in [1.82, 2.24) is 4.90 Å². The number of nitrogens with two attached hydrogens (primary N) is 1. The third-order valence-corrected chi connectivity index (χ3v) is 4.21. The maximum Gasteiger partial charge on any atom is 0.170 e. The van der Waals surface area contributed by atoms with Crippen LogP contribution in [0.25, 0.3) is 0 Å². The van der Waals surface area contributed by atoms with Crippen molar-refractivity contribution in [2.24, 2.45) is 10.9 Å². The number of halogens is 1. The van der Waals surface area contributed by atoms with Gasteiger partial charge >= 0.3 is 0 Å². The standard InChI is InChI=1S/C13H18FN3OS/c14-12-8-10(13(15)16-18)2-3-11(12)9-17-4-1-6-19-7-5-17/h2-3,8,18H,1,4-7,9H2,(H2,15,16). The van der Waals surface area contributed by atoms with Gasteiger partial charge in [-0.05, 0) is 24.8 Å². The van der Waals surface area contributed by atoms with E-state index in [1.54, 1.807) is 12.1 Å². The average molecular weight is 283 g/mol. The topological polar surface area (TPSA) is 61.9 Å². The molecule has 6 heteroatoms. The van der Waals surface area contributed by atoms with Gasteiger partial charge in [-0.2, -0.15) is 11.8 Å². The van der Waals surface area contributed by atoms with E-state index in [4.69, 9.17) is 10.9 Å². The molecule has 0 atom stereocenters. The number of hydrogen-bond donors (Lipinski definition) is 2. The number of nitrogens with zero attached hydrogens (tertiary/aromatic N) is 2. The smallest absolute Gasteiger partial charge is 0.170 e. The molecule has 1 aromatic rings. The SMILES string of the molecule is NC(=NO)c1ccc(CN2CCCSCC2)c(F)c1. The van der Waals surface area contributed by atoms with Crippen molar-refractivity contribution < 1.29 is 9.60 Å². The van der Waals surface area contributed by atoms with E-state index >= 15 is 0 Å². The fourth-order valence-corrected chi connectivity index (χ4v) is 3.01. The highest BCUT2D eigenvalue weighted by molar-refractivity contribution is 7.99. The van der Waals surface area contributed by atoms with E-state index in [0.29, 0.717) is 17.7 Å². The van der Waals surface area contributed by atoms with Gasteiger partial charge in [-0.1, -0.05) is 17.3 Å². The van der Waals surface area contributed by atoms with Gasteiger partial charge in [0, 0.05) is 30.0 Å². The molecule has 0 amide bonds. The molecule has 1 heterocycles. The monoisotopic (exact) mass is 283 g/mol. The third-order valence-electron chi connectivity index (χ3n) is 3.17. The van der Waals surface area contributed by atoms with E-state index in [1.807, 2.05) is 11.8 Å². The van der Waals surface area contributed by atoms with Gasteiger partial charge in [0.1, 0.15) is 5.82 Å². The number of amidine groups is 1. The predicted octanol–water partition coefficient (Wildman–Crippen LogP) is 1.86. The fraction of sp³-hybridized carbons (Fsp3) is 0.462. The maximum atomic E-state index is 14.0. The van der Waals surface area contributed by atoms with Crippen LogP contribution in [0.3, 0.4) is 0 Å². The van der Waals surface area contributed by atoms with Gasteiger partial charge in [-0.15, -0.1) is 0 Å². The summed E-state index contributed by atoms with van der Waals surface area (Å²) in [6.07, 6.45) is 1.15. The summed E-state index contributed by atoms with van der Waals surface area (Å²) in [5.41, 5.74) is 6.49. The van der Waals surface area contributed by atoms with Crippen LogP contribution in [0.2, 0.25) is 0 Å². The summed E-state index contributed by atoms with van der Waals surface area (Å²) < 4.78 is 14.0. The maximum absolute atomic E-state index is 14.0. The van der Waals surface area contributed by atoms with Crippen molar-refractivity contribution in [1.29, 1.82) is 0 Å². The number of hydrogen-bond acceptors (Lipinski definition) is 4. The van der Waals surface area contributed by atoms with Crippen LogP contribution >= 0.6 is 11.8 Å². The lowest BCUT2D eigenvalue weighted by Gasteiger charge is -2.19. The number of benzene rings is 1. The normalized spacial score (nSPS) is 18.3. The van der Waals surface area contributed by atoms with E-state index in [0.717, 1.165) is 25.3 Å². The van der Waals surface area contributed by atoms with E-state index < -0.39 is 0 Å². The third kappa shape index (κ3) is 3.84. The molecule has 1 saturated heterocycles. The van der Waals surface area contributed by atoms with Crippen LogP contribution in [0.15, 0.2) is 23.4 Å². The summed E-state index contributed by atoms with van der Waals surface area (Å²) in [6, 6.07) is 4.71. The van der Waals surface area contributed by atoms with E-state index in [-0.39, 0.29) is 11.7 Å². The average Bonchev–Trinajstić information content (AvgIpc) is 2.68. The lowest BCUT2D eigenvalue weighted by atomic mass is 10.1. The first kappa shape index (κ1) is 14.1. The highest BCUT2D eigenvalue weighted by Crippen LogP contribution is 2.16. The molecule has 2 rings (SSSR count). The molecular formula is C13H18FN3OS. The van der Waals surface area contributed by atoms with Gasteiger partial charge < -0.3 is 10.9 Å². The second kappa shape index (κ2) is 6.77. The molecule has 1 aliphatic rings. The number of thioether (sulfide) groups is 1. The molecule has 0 radical (unpaired) electrons. The van der Waals surface area contributed by atoms with Gasteiger partial charge in [0.05, 0.1) is 0 Å². The molecule has 0 unspecified atom stereocenters. The van der Waals surface area contributed by atoms with Crippen molar-refractivity contribution in [3.05, 3.63) is 35.1 Å². The summed E-state index contributed by atoms with van der Waals surface area (Å²) in [6.45, 7) is 2.61. The van der Waals surface area contributed by atoms with Crippen molar-refractivity contribution in [3.8, 4) is 0 Å². The molecule has 0 spiro atoms. The van der Waals surface area contributed by atoms with Crippen LogP contribution in [0, 0.1) is 5.82 Å². The number of rotatable bonds is 3. The Hall–Kier alpha value is -1.27. The molecule has 0 bridgehead atoms. The highest BCUT2D eigenvalue weighted by atomic mass is 32.2. The Morgan fingerprint density at radius 1 is 1.42 bits per heavy atom. The van der Waals surface area contributed by atoms with Crippen molar-refractivity contribution >= 4 is 17.6 Å². The van der Waals surface area contributed by atoms with Crippen molar-refractivity contribution in [2.75, 3.05) is 24.6 Å². The fourth-order valence-electron chi connectivity index (χ4n) is 2.09. The minimum Gasteiger partial charge on any atom is -0.409 e. The highest BCUT2D eigenvalue weighted by Gasteiger charge is 2.13. The van der Waals surface area contributed by atoms with Gasteiger partial charge in [0.2, 0.25) is 0 Å². The summed E-state index contributed by atoms with van der Waals surface area (Å²) in [5, 5.41) is 11.4. The van der Waals surface area contributed by atoms with E-state index in [2.05, 4.69) is 10.1 Å². The quantitative estimate of drug-likeness (QED) is 0.385. The zero-order valence-corrected chi connectivity index (χ0v) is 11.5. The molecule has 0 saturated carbocycles. The number of oxime groups is 1. The molecule has 1 aliphatic heterocycles. The van der Waals surface area contributed by atoms with Crippen molar-refractivity contribution in [2.45, 2.75) is 13.0 Å². The lowest BCUT2D eigenvalue weighted by molar-refractivity contribution is 0.283. The van der Waals surface area contributed by atoms with Crippen molar-refractivity contribution in [3.63, 3.8) is 0 Å². The lowest BCUT2D eigenvalue weighted by Crippen LogP contribution is -2.26. The Labute approximate surface area is 116 Å². The Kier molecular flexibility index (Phi) is 5.04. The molecule has 0 aliphatic carbocycles. The minimum absolute atomic E-state index is 0.0726. The molecule has 1 aromatic carbocycles. The van der Waals surface area contributed by atoms with Gasteiger partial charge in [0.15, 0.2) is 5.84 Å². The minimum atomic E-state index is -0.305. The Morgan fingerprint density at radius 3 is 3.00 bits per heavy atom. The zero-order valence-electron chi connectivity index (χ0n) is 10.7. The molecule has 4 nitrogen and oxygen atoms in total. The molecular weight excluding hydrogens is 265 g/mol. The van der Waals surface area contributed by atoms with Gasteiger partial charge in [0.25, 0.3) is 0 Å². The summed E-state index contributed by atoms with van der Waals surface area (Å²) >= 11 is 1.95. The zero-order chi connectivity index (χ0) is 13.7. The van der Waals surface area contributed by atoms with E-state index in [1.165, 1.54) is 11.8 Å². The first-order valence-corrected chi connectivity index (χ1v) is 7.42. The second-order valence-corrected chi connectivity index (χ2v) is 5.76. The second-order valence-electron chi connectivity index (χ2n) is 4.53. The molecule has 0 aromatic heterocycles. The predicted molar refractivity (Wildman–Crippen MR) is 76.1 cm³/mol.